The average molecular weight is 256 g/mol. The molecule has 1 aliphatic carbocycles. The van der Waals surface area contributed by atoms with E-state index in [1.54, 1.807) is 0 Å². The minimum absolute atomic E-state index is 0.251. The van der Waals surface area contributed by atoms with Crippen LogP contribution >= 0.6 is 0 Å². The summed E-state index contributed by atoms with van der Waals surface area (Å²) in [6.07, 6.45) is 4.38. The molecule has 2 aliphatic rings. The normalized spacial score (nSPS) is 30.1. The van der Waals surface area contributed by atoms with Crippen LogP contribution in [0.25, 0.3) is 0 Å². The van der Waals surface area contributed by atoms with Gasteiger partial charge in [0.1, 0.15) is 0 Å². The van der Waals surface area contributed by atoms with Crippen molar-refractivity contribution in [1.82, 2.24) is 0 Å². The summed E-state index contributed by atoms with van der Waals surface area (Å²) in [4.78, 5) is 23.4. The van der Waals surface area contributed by atoms with Gasteiger partial charge in [-0.25, -0.2) is 4.79 Å². The maximum Gasteiger partial charge on any atom is 0.335 e. The minimum atomic E-state index is -0.633. The number of esters is 2. The maximum atomic E-state index is 11.7. The molecule has 5 heteroatoms. The van der Waals surface area contributed by atoms with Gasteiger partial charge in [0.15, 0.2) is 6.10 Å². The number of methoxy groups -OCH3 is 2. The number of carbonyl (C=O) groups is 2. The van der Waals surface area contributed by atoms with E-state index in [0.717, 1.165) is 25.7 Å². The Bertz CT molecular complexity index is 306. The molecule has 0 N–H and O–H groups in total. The molecule has 0 aromatic rings. The average Bonchev–Trinajstić information content (AvgIpc) is 2.83. The second-order valence-electron chi connectivity index (χ2n) is 5.18. The van der Waals surface area contributed by atoms with Gasteiger partial charge in [-0.15, -0.1) is 0 Å². The van der Waals surface area contributed by atoms with Crippen molar-refractivity contribution >= 4 is 11.9 Å². The van der Waals surface area contributed by atoms with Crippen LogP contribution in [0.4, 0.5) is 0 Å². The zero-order valence-corrected chi connectivity index (χ0v) is 10.9. The van der Waals surface area contributed by atoms with Gasteiger partial charge in [0, 0.05) is 0 Å². The van der Waals surface area contributed by atoms with Crippen LogP contribution in [0.2, 0.25) is 0 Å². The maximum absolute atomic E-state index is 11.7. The second kappa shape index (κ2) is 5.26. The van der Waals surface area contributed by atoms with Gasteiger partial charge < -0.3 is 14.2 Å². The van der Waals surface area contributed by atoms with Gasteiger partial charge in [-0.1, -0.05) is 12.8 Å². The lowest BCUT2D eigenvalue weighted by Gasteiger charge is -2.40. The van der Waals surface area contributed by atoms with E-state index < -0.39 is 12.1 Å². The molecule has 0 aromatic heterocycles. The van der Waals surface area contributed by atoms with Gasteiger partial charge in [0.2, 0.25) is 0 Å². The van der Waals surface area contributed by atoms with E-state index in [1.807, 2.05) is 0 Å². The molecule has 0 aromatic carbocycles. The molecule has 2 atom stereocenters. The van der Waals surface area contributed by atoms with Gasteiger partial charge in [0.25, 0.3) is 0 Å². The van der Waals surface area contributed by atoms with Crippen molar-refractivity contribution in [3.63, 3.8) is 0 Å². The zero-order valence-electron chi connectivity index (χ0n) is 10.9. The highest BCUT2D eigenvalue weighted by atomic mass is 16.6. The molecule has 0 radical (unpaired) electrons. The summed E-state index contributed by atoms with van der Waals surface area (Å²) in [5.41, 5.74) is -0.323. The van der Waals surface area contributed by atoms with Gasteiger partial charge in [-0.2, -0.15) is 0 Å². The molecule has 2 fully saturated rings. The van der Waals surface area contributed by atoms with Crippen molar-refractivity contribution < 1.29 is 23.8 Å². The van der Waals surface area contributed by atoms with E-state index in [-0.39, 0.29) is 17.5 Å². The van der Waals surface area contributed by atoms with Crippen LogP contribution in [0, 0.1) is 5.92 Å². The highest BCUT2D eigenvalue weighted by molar-refractivity contribution is 5.78. The van der Waals surface area contributed by atoms with Crippen LogP contribution in [0.15, 0.2) is 0 Å². The summed E-state index contributed by atoms with van der Waals surface area (Å²) >= 11 is 0. The molecule has 5 nitrogen and oxygen atoms in total. The highest BCUT2D eigenvalue weighted by Gasteiger charge is 2.48. The Hall–Kier alpha value is -1.10. The first-order valence-corrected chi connectivity index (χ1v) is 6.44. The fraction of sp³-hybridized carbons (Fsp3) is 0.846. The molecule has 1 saturated heterocycles. The summed E-state index contributed by atoms with van der Waals surface area (Å²) in [7, 11) is 2.72. The number of hydrogen-bond donors (Lipinski definition) is 0. The smallest absolute Gasteiger partial charge is 0.335 e. The van der Waals surface area contributed by atoms with E-state index in [4.69, 9.17) is 14.2 Å². The topological polar surface area (TPSA) is 61.8 Å². The van der Waals surface area contributed by atoms with Crippen molar-refractivity contribution in [1.29, 1.82) is 0 Å². The van der Waals surface area contributed by atoms with Crippen molar-refractivity contribution in [2.45, 2.75) is 50.2 Å². The SMILES string of the molecule is COC(=O)C1CC(C(=O)OC)OC2(CCCC2)C1. The Morgan fingerprint density at radius 1 is 1.11 bits per heavy atom. The lowest BCUT2D eigenvalue weighted by Crippen LogP contribution is -2.47. The van der Waals surface area contributed by atoms with Gasteiger partial charge in [-0.3, -0.25) is 4.79 Å². The molecule has 1 heterocycles. The van der Waals surface area contributed by atoms with E-state index >= 15 is 0 Å². The molecule has 0 bridgehead atoms. The Morgan fingerprint density at radius 3 is 2.28 bits per heavy atom. The molecular formula is C13H20O5. The second-order valence-corrected chi connectivity index (χ2v) is 5.18. The Kier molecular flexibility index (Phi) is 3.90. The highest BCUT2D eigenvalue weighted by Crippen LogP contribution is 2.44. The standard InChI is InChI=1S/C13H20O5/c1-16-11(14)9-7-10(12(15)17-2)18-13(8-9)5-3-4-6-13/h9-10H,3-8H2,1-2H3. The number of carbonyl (C=O) groups excluding carboxylic acids is 2. The van der Waals surface area contributed by atoms with Crippen LogP contribution in [-0.4, -0.2) is 37.9 Å². The van der Waals surface area contributed by atoms with Crippen LogP contribution in [0.5, 0.6) is 0 Å². The van der Waals surface area contributed by atoms with E-state index in [0.29, 0.717) is 12.8 Å². The van der Waals surface area contributed by atoms with E-state index in [9.17, 15) is 9.59 Å². The first kappa shape index (κ1) is 13.3. The Morgan fingerprint density at radius 2 is 1.72 bits per heavy atom. The third-order valence-corrected chi connectivity index (χ3v) is 4.02. The lowest BCUT2D eigenvalue weighted by atomic mass is 9.82. The van der Waals surface area contributed by atoms with Gasteiger partial charge >= 0.3 is 11.9 Å². The molecule has 1 spiro atoms. The van der Waals surface area contributed by atoms with Crippen molar-refractivity contribution in [3.05, 3.63) is 0 Å². The Balaban J connectivity index is 2.14. The summed E-state index contributed by atoms with van der Waals surface area (Å²) in [5, 5.41) is 0. The largest absolute Gasteiger partial charge is 0.469 e. The van der Waals surface area contributed by atoms with Crippen molar-refractivity contribution in [2.24, 2.45) is 5.92 Å². The van der Waals surface area contributed by atoms with Gasteiger partial charge in [-0.05, 0) is 25.7 Å². The number of ether oxygens (including phenoxy) is 3. The molecule has 2 rings (SSSR count). The summed E-state index contributed by atoms with van der Waals surface area (Å²) in [6, 6.07) is 0. The predicted molar refractivity (Wildman–Crippen MR) is 62.8 cm³/mol. The predicted octanol–water partition coefficient (Wildman–Crippen LogP) is 1.44. The Labute approximate surface area is 107 Å². The third-order valence-electron chi connectivity index (χ3n) is 4.02. The van der Waals surface area contributed by atoms with Gasteiger partial charge in [0.05, 0.1) is 25.7 Å². The number of rotatable bonds is 2. The molecular weight excluding hydrogens is 236 g/mol. The minimum Gasteiger partial charge on any atom is -0.469 e. The monoisotopic (exact) mass is 256 g/mol. The summed E-state index contributed by atoms with van der Waals surface area (Å²) in [5.74, 6) is -0.903. The van der Waals surface area contributed by atoms with Crippen LogP contribution < -0.4 is 0 Å². The molecule has 2 unspecified atom stereocenters. The van der Waals surface area contributed by atoms with Crippen LogP contribution in [-0.2, 0) is 23.8 Å². The fourth-order valence-electron chi connectivity index (χ4n) is 3.15. The first-order valence-electron chi connectivity index (χ1n) is 6.44. The quantitative estimate of drug-likeness (QED) is 0.700. The van der Waals surface area contributed by atoms with Crippen molar-refractivity contribution in [2.75, 3.05) is 14.2 Å². The molecule has 1 aliphatic heterocycles. The molecule has 102 valence electrons. The first-order chi connectivity index (χ1) is 8.60. The van der Waals surface area contributed by atoms with Crippen LogP contribution in [0.1, 0.15) is 38.5 Å². The summed E-state index contributed by atoms with van der Waals surface area (Å²) in [6.45, 7) is 0. The van der Waals surface area contributed by atoms with Crippen molar-refractivity contribution in [3.8, 4) is 0 Å². The van der Waals surface area contributed by atoms with Crippen LogP contribution in [0.3, 0.4) is 0 Å². The molecule has 1 saturated carbocycles. The van der Waals surface area contributed by atoms with E-state index in [1.165, 1.54) is 14.2 Å². The third kappa shape index (κ3) is 2.51. The number of hydrogen-bond acceptors (Lipinski definition) is 5. The fourth-order valence-corrected chi connectivity index (χ4v) is 3.15. The van der Waals surface area contributed by atoms with E-state index in [2.05, 4.69) is 0 Å². The molecule has 0 amide bonds. The summed E-state index contributed by atoms with van der Waals surface area (Å²) < 4.78 is 15.5. The molecule has 18 heavy (non-hydrogen) atoms. The zero-order chi connectivity index (χ0) is 13.2. The lowest BCUT2D eigenvalue weighted by molar-refractivity contribution is -0.189.